The second kappa shape index (κ2) is 5.41. The number of fused-ring (bicyclic) bond motifs is 1. The lowest BCUT2D eigenvalue weighted by molar-refractivity contribution is -0.157. The fraction of sp³-hybridized carbons (Fsp3) is 0.188. The fourth-order valence-electron chi connectivity index (χ4n) is 2.28. The van der Waals surface area contributed by atoms with Gasteiger partial charge in [-0.1, -0.05) is 36.4 Å². The molecule has 1 aliphatic heterocycles. The Balaban J connectivity index is 2.05. The highest BCUT2D eigenvalue weighted by atomic mass is 79.9. The molecule has 0 saturated carbocycles. The molecule has 1 atom stereocenters. The summed E-state index contributed by atoms with van der Waals surface area (Å²) in [7, 11) is 1.35. The van der Waals surface area contributed by atoms with E-state index >= 15 is 0 Å². The van der Waals surface area contributed by atoms with Gasteiger partial charge in [-0.2, -0.15) is 0 Å². The summed E-state index contributed by atoms with van der Waals surface area (Å²) in [5, 5.41) is 0. The fourth-order valence-corrected chi connectivity index (χ4v) is 2.71. The summed E-state index contributed by atoms with van der Waals surface area (Å²) in [5.41, 5.74) is 0.763. The van der Waals surface area contributed by atoms with Crippen LogP contribution in [-0.4, -0.2) is 13.1 Å². The molecule has 1 unspecified atom stereocenters. The van der Waals surface area contributed by atoms with E-state index in [-0.39, 0.29) is 6.42 Å². The van der Waals surface area contributed by atoms with Crippen molar-refractivity contribution in [2.45, 2.75) is 12.2 Å². The molecule has 1 heterocycles. The van der Waals surface area contributed by atoms with E-state index in [1.807, 2.05) is 48.5 Å². The smallest absolute Gasteiger partial charge is 0.313 e. The third kappa shape index (κ3) is 2.49. The second-order valence-corrected chi connectivity index (χ2v) is 5.50. The van der Waals surface area contributed by atoms with Crippen molar-refractivity contribution in [1.82, 2.24) is 0 Å². The van der Waals surface area contributed by atoms with Crippen LogP contribution >= 0.6 is 15.9 Å². The van der Waals surface area contributed by atoms with Crippen LogP contribution in [0.3, 0.4) is 0 Å². The number of benzene rings is 2. The minimum atomic E-state index is -1.19. The molecule has 4 nitrogen and oxygen atoms in total. The van der Waals surface area contributed by atoms with Gasteiger partial charge in [0.05, 0.1) is 11.6 Å². The molecule has 0 spiro atoms. The third-order valence-electron chi connectivity index (χ3n) is 3.29. The Morgan fingerprint density at radius 2 is 1.90 bits per heavy atom. The molecular weight excluding hydrogens is 336 g/mol. The Hall–Kier alpha value is -2.01. The van der Waals surface area contributed by atoms with Gasteiger partial charge in [-0.05, 0) is 28.1 Å². The summed E-state index contributed by atoms with van der Waals surface area (Å²) >= 11 is 3.43. The molecule has 3 rings (SSSR count). The van der Waals surface area contributed by atoms with Gasteiger partial charge < -0.3 is 14.2 Å². The van der Waals surface area contributed by atoms with Crippen molar-refractivity contribution in [3.63, 3.8) is 0 Å². The van der Waals surface area contributed by atoms with Crippen LogP contribution in [0.15, 0.2) is 53.0 Å². The minimum absolute atomic E-state index is 0.0331. The molecule has 5 heteroatoms. The monoisotopic (exact) mass is 348 g/mol. The van der Waals surface area contributed by atoms with Crippen LogP contribution in [0, 0.1) is 0 Å². The average molecular weight is 349 g/mol. The average Bonchev–Trinajstić information content (AvgIpc) is 2.89. The number of hydrogen-bond donors (Lipinski definition) is 0. The van der Waals surface area contributed by atoms with Crippen LogP contribution in [0.5, 0.6) is 11.5 Å². The lowest BCUT2D eigenvalue weighted by atomic mass is 10.0. The van der Waals surface area contributed by atoms with Gasteiger partial charge in [0.15, 0.2) is 11.5 Å². The molecular formula is C16H13BrO4. The molecule has 0 aliphatic carbocycles. The topological polar surface area (TPSA) is 44.8 Å². The zero-order valence-corrected chi connectivity index (χ0v) is 12.9. The van der Waals surface area contributed by atoms with Crippen molar-refractivity contribution in [3.05, 3.63) is 58.6 Å². The molecule has 108 valence electrons. The molecule has 2 aromatic carbocycles. The number of carbonyl (C=O) groups excluding carboxylic acids is 1. The van der Waals surface area contributed by atoms with Crippen molar-refractivity contribution in [2.75, 3.05) is 7.11 Å². The van der Waals surface area contributed by atoms with E-state index in [9.17, 15) is 4.79 Å². The van der Waals surface area contributed by atoms with E-state index in [0.29, 0.717) is 11.5 Å². The summed E-state index contributed by atoms with van der Waals surface area (Å²) in [6, 6.07) is 14.9. The number of ether oxygens (including phenoxy) is 3. The number of hydrogen-bond acceptors (Lipinski definition) is 4. The van der Waals surface area contributed by atoms with Crippen LogP contribution in [0.2, 0.25) is 0 Å². The van der Waals surface area contributed by atoms with Gasteiger partial charge in [0.25, 0.3) is 5.79 Å². The third-order valence-corrected chi connectivity index (χ3v) is 3.92. The van der Waals surface area contributed by atoms with E-state index < -0.39 is 11.8 Å². The van der Waals surface area contributed by atoms with Crippen molar-refractivity contribution in [2.24, 2.45) is 0 Å². The van der Waals surface area contributed by atoms with Crippen LogP contribution in [-0.2, 0) is 15.3 Å². The van der Waals surface area contributed by atoms with Crippen LogP contribution in [0.4, 0.5) is 0 Å². The van der Waals surface area contributed by atoms with Crippen molar-refractivity contribution < 1.29 is 19.0 Å². The zero-order valence-electron chi connectivity index (χ0n) is 11.3. The summed E-state index contributed by atoms with van der Waals surface area (Å²) in [4.78, 5) is 11.8. The van der Waals surface area contributed by atoms with Crippen LogP contribution in [0.25, 0.3) is 0 Å². The Morgan fingerprint density at radius 3 is 2.57 bits per heavy atom. The summed E-state index contributed by atoms with van der Waals surface area (Å²) < 4.78 is 17.6. The van der Waals surface area contributed by atoms with E-state index in [0.717, 1.165) is 10.0 Å². The molecule has 2 aromatic rings. The van der Waals surface area contributed by atoms with Gasteiger partial charge in [0, 0.05) is 5.56 Å². The first kappa shape index (κ1) is 13.9. The lowest BCUT2D eigenvalue weighted by Crippen LogP contribution is -2.38. The van der Waals surface area contributed by atoms with Gasteiger partial charge >= 0.3 is 5.97 Å². The summed E-state index contributed by atoms with van der Waals surface area (Å²) in [5.74, 6) is -0.411. The molecule has 1 aliphatic rings. The van der Waals surface area contributed by atoms with E-state index in [4.69, 9.17) is 14.2 Å². The number of halogens is 1. The predicted octanol–water partition coefficient (Wildman–Crippen LogP) is 3.64. The maximum Gasteiger partial charge on any atom is 0.313 e. The quantitative estimate of drug-likeness (QED) is 0.794. The maximum absolute atomic E-state index is 11.8. The summed E-state index contributed by atoms with van der Waals surface area (Å²) in [6.07, 6.45) is -0.0331. The number of carbonyl (C=O) groups is 1. The molecule has 0 aromatic heterocycles. The Labute approximate surface area is 130 Å². The van der Waals surface area contributed by atoms with Gasteiger partial charge in [0.2, 0.25) is 0 Å². The largest absolute Gasteiger partial charge is 0.469 e. The molecule has 0 bridgehead atoms. The zero-order chi connectivity index (χ0) is 14.9. The molecule has 0 N–H and O–H groups in total. The Morgan fingerprint density at radius 1 is 1.14 bits per heavy atom. The first-order valence-corrected chi connectivity index (χ1v) is 7.23. The molecule has 0 amide bonds. The van der Waals surface area contributed by atoms with Gasteiger partial charge in [0.1, 0.15) is 6.42 Å². The standard InChI is InChI=1S/C16H13BrO4/c1-19-14(18)10-16(11-6-3-2-4-7-11)20-13-9-5-8-12(17)15(13)21-16/h2-9H,10H2,1H3. The Kier molecular flexibility index (Phi) is 3.59. The number of rotatable bonds is 3. The van der Waals surface area contributed by atoms with E-state index in [2.05, 4.69) is 15.9 Å². The minimum Gasteiger partial charge on any atom is -0.469 e. The highest BCUT2D eigenvalue weighted by molar-refractivity contribution is 9.10. The van der Waals surface area contributed by atoms with Crippen molar-refractivity contribution in [3.8, 4) is 11.5 Å². The highest BCUT2D eigenvalue weighted by Crippen LogP contribution is 2.49. The SMILES string of the molecule is COC(=O)CC1(c2ccccc2)Oc2cccc(Br)c2O1. The summed E-state index contributed by atoms with van der Waals surface area (Å²) in [6.45, 7) is 0. The van der Waals surface area contributed by atoms with Gasteiger partial charge in [-0.3, -0.25) is 4.79 Å². The Bertz CT molecular complexity index is 671. The number of para-hydroxylation sites is 1. The lowest BCUT2D eigenvalue weighted by Gasteiger charge is -2.27. The molecule has 21 heavy (non-hydrogen) atoms. The first-order valence-electron chi connectivity index (χ1n) is 6.43. The van der Waals surface area contributed by atoms with Crippen LogP contribution in [0.1, 0.15) is 12.0 Å². The molecule has 0 radical (unpaired) electrons. The van der Waals surface area contributed by atoms with Gasteiger partial charge in [-0.25, -0.2) is 0 Å². The van der Waals surface area contributed by atoms with Crippen molar-refractivity contribution in [1.29, 1.82) is 0 Å². The molecule has 0 fully saturated rings. The van der Waals surface area contributed by atoms with E-state index in [1.54, 1.807) is 0 Å². The first-order chi connectivity index (χ1) is 10.1. The number of methoxy groups -OCH3 is 1. The van der Waals surface area contributed by atoms with Gasteiger partial charge in [-0.15, -0.1) is 0 Å². The van der Waals surface area contributed by atoms with Crippen molar-refractivity contribution >= 4 is 21.9 Å². The highest BCUT2D eigenvalue weighted by Gasteiger charge is 2.46. The number of esters is 1. The van der Waals surface area contributed by atoms with E-state index in [1.165, 1.54) is 7.11 Å². The maximum atomic E-state index is 11.8. The molecule has 0 saturated heterocycles. The predicted molar refractivity (Wildman–Crippen MR) is 80.2 cm³/mol. The normalized spacial score (nSPS) is 19.3. The van der Waals surface area contributed by atoms with Crippen LogP contribution < -0.4 is 9.47 Å². The second-order valence-electron chi connectivity index (χ2n) is 4.64.